The quantitative estimate of drug-likeness (QED) is 0.168. The van der Waals surface area contributed by atoms with E-state index in [9.17, 15) is 27.2 Å². The van der Waals surface area contributed by atoms with E-state index in [-0.39, 0.29) is 29.6 Å². The summed E-state index contributed by atoms with van der Waals surface area (Å²) in [7, 11) is 0. The fourth-order valence-electron chi connectivity index (χ4n) is 8.48. The van der Waals surface area contributed by atoms with E-state index in [2.05, 4.69) is 20.9 Å². The summed E-state index contributed by atoms with van der Waals surface area (Å²) in [6.07, 6.45) is 8.78. The molecule has 0 radical (unpaired) electrons. The van der Waals surface area contributed by atoms with Gasteiger partial charge in [-0.3, -0.25) is 9.59 Å². The van der Waals surface area contributed by atoms with Gasteiger partial charge in [-0.1, -0.05) is 73.9 Å². The first-order valence-electron chi connectivity index (χ1n) is 18.0. The lowest BCUT2D eigenvalue weighted by atomic mass is 9.73. The number of benzene rings is 2. The summed E-state index contributed by atoms with van der Waals surface area (Å²) in [4.78, 5) is 29.3. The number of amides is 2. The largest absolute Gasteiger partial charge is 0.405 e. The van der Waals surface area contributed by atoms with Crippen molar-refractivity contribution in [3.8, 4) is 11.1 Å². The molecule has 6 nitrogen and oxygen atoms in total. The highest BCUT2D eigenvalue weighted by Crippen LogP contribution is 2.51. The monoisotopic (exact) mass is 680 g/mol. The molecular formula is C39H48F4N4O2. The van der Waals surface area contributed by atoms with Crippen LogP contribution in [-0.4, -0.2) is 67.7 Å². The van der Waals surface area contributed by atoms with E-state index in [1.165, 1.54) is 12.2 Å². The lowest BCUT2D eigenvalue weighted by Gasteiger charge is -2.36. The third-order valence-electron chi connectivity index (χ3n) is 11.1. The molecule has 2 amide bonds. The Balaban J connectivity index is 0.987. The van der Waals surface area contributed by atoms with Crippen molar-refractivity contribution in [3.05, 3.63) is 83.7 Å². The number of likely N-dealkylation sites (tertiary alicyclic amines) is 1. The van der Waals surface area contributed by atoms with Gasteiger partial charge in [0.1, 0.15) is 17.8 Å². The molecule has 0 spiro atoms. The van der Waals surface area contributed by atoms with Crippen LogP contribution in [0.25, 0.3) is 11.1 Å². The first kappa shape index (κ1) is 35.3. The van der Waals surface area contributed by atoms with Crippen LogP contribution in [0.4, 0.5) is 17.6 Å². The average molecular weight is 681 g/mol. The van der Waals surface area contributed by atoms with Gasteiger partial charge >= 0.3 is 6.18 Å². The number of hydrogen-bond donors (Lipinski definition) is 3. The Bertz CT molecular complexity index is 1490. The molecular weight excluding hydrogens is 632 g/mol. The van der Waals surface area contributed by atoms with Gasteiger partial charge in [0, 0.05) is 12.0 Å². The van der Waals surface area contributed by atoms with Crippen LogP contribution in [0.2, 0.25) is 0 Å². The predicted octanol–water partition coefficient (Wildman–Crippen LogP) is 6.96. The zero-order valence-corrected chi connectivity index (χ0v) is 28.0. The summed E-state index contributed by atoms with van der Waals surface area (Å²) >= 11 is 0. The van der Waals surface area contributed by atoms with Crippen LogP contribution in [0.5, 0.6) is 0 Å². The lowest BCUT2D eigenvalue weighted by molar-refractivity contribution is -0.141. The second-order valence-corrected chi connectivity index (χ2v) is 14.2. The number of alkyl halides is 3. The number of halogens is 4. The van der Waals surface area contributed by atoms with E-state index in [1.807, 2.05) is 48.5 Å². The highest BCUT2D eigenvalue weighted by molar-refractivity contribution is 6.00. The number of allylic oxidation sites excluding steroid dienone is 2. The number of carbonyl (C=O) groups is 2. The Morgan fingerprint density at radius 3 is 2.22 bits per heavy atom. The van der Waals surface area contributed by atoms with E-state index in [4.69, 9.17) is 0 Å². The molecule has 0 aromatic heterocycles. The van der Waals surface area contributed by atoms with E-state index in [0.29, 0.717) is 25.3 Å². The first-order chi connectivity index (χ1) is 23.6. The standard InChI is InChI=1S/C39H48F4N4O2/c40-28-15-17-30(18-16-28)46-36(48)31-10-2-1-9-27(31)25-44-29-19-23-47(24-20-29)22-8-7-21-38(37(49)45-26-39(41,42)43)34-13-5-3-11-32(34)33-12-4-6-14-35(33)38/h3-6,11-17,27,29-31,44H,1-2,7-10,18-26H2,(H,45,49)(H,46,48)/t27?,30?,31-/m1/s1. The number of rotatable bonds is 12. The van der Waals surface area contributed by atoms with Crippen LogP contribution in [0.15, 0.2) is 72.6 Å². The number of nitrogens with one attached hydrogen (secondary N) is 3. The number of unbranched alkanes of at least 4 members (excludes halogenated alkanes) is 1. The first-order valence-corrected chi connectivity index (χ1v) is 18.0. The topological polar surface area (TPSA) is 73.5 Å². The second kappa shape index (κ2) is 15.6. The van der Waals surface area contributed by atoms with Crippen LogP contribution < -0.4 is 16.0 Å². The zero-order chi connectivity index (χ0) is 34.4. The van der Waals surface area contributed by atoms with Crippen LogP contribution in [-0.2, 0) is 15.0 Å². The Morgan fingerprint density at radius 2 is 1.57 bits per heavy atom. The highest BCUT2D eigenvalue weighted by atomic mass is 19.4. The summed E-state index contributed by atoms with van der Waals surface area (Å²) in [6, 6.07) is 15.4. The van der Waals surface area contributed by atoms with Crippen molar-refractivity contribution < 1.29 is 27.2 Å². The molecule has 3 N–H and O–H groups in total. The zero-order valence-electron chi connectivity index (χ0n) is 28.0. The van der Waals surface area contributed by atoms with Crippen molar-refractivity contribution in [2.24, 2.45) is 11.8 Å². The summed E-state index contributed by atoms with van der Waals surface area (Å²) < 4.78 is 52.9. The SMILES string of the molecule is O=C(NC1C=CC(F)=CC1)[C@@H]1CCCCC1CNC1CCN(CCCCC2(C(=O)NCC(F)(F)F)c3ccccc3-c3ccccc32)CC1. The number of nitrogens with zero attached hydrogens (tertiary/aromatic N) is 1. The molecule has 6 rings (SSSR count). The molecule has 2 fully saturated rings. The maximum atomic E-state index is 13.7. The van der Waals surface area contributed by atoms with Crippen LogP contribution >= 0.6 is 0 Å². The minimum atomic E-state index is -4.49. The minimum absolute atomic E-state index is 0.0249. The molecule has 1 saturated heterocycles. The maximum absolute atomic E-state index is 13.7. The second-order valence-electron chi connectivity index (χ2n) is 14.2. The molecule has 1 aliphatic heterocycles. The average Bonchev–Trinajstić information content (AvgIpc) is 3.40. The highest BCUT2D eigenvalue weighted by Gasteiger charge is 2.49. The Hall–Kier alpha value is -3.50. The Morgan fingerprint density at radius 1 is 0.898 bits per heavy atom. The third kappa shape index (κ3) is 8.28. The third-order valence-corrected chi connectivity index (χ3v) is 11.1. The smallest absolute Gasteiger partial charge is 0.349 e. The molecule has 1 heterocycles. The number of fused-ring (bicyclic) bond motifs is 3. The van der Waals surface area contributed by atoms with Gasteiger partial charge in [-0.05, 0) is 111 Å². The maximum Gasteiger partial charge on any atom is 0.405 e. The molecule has 2 aromatic rings. The van der Waals surface area contributed by atoms with Gasteiger partial charge in [0.2, 0.25) is 11.8 Å². The van der Waals surface area contributed by atoms with Gasteiger partial charge < -0.3 is 20.9 Å². The van der Waals surface area contributed by atoms with Crippen molar-refractivity contribution >= 4 is 11.8 Å². The lowest BCUT2D eigenvalue weighted by Crippen LogP contribution is -2.48. The fourth-order valence-corrected chi connectivity index (χ4v) is 8.48. The van der Waals surface area contributed by atoms with E-state index < -0.39 is 24.0 Å². The van der Waals surface area contributed by atoms with Crippen molar-refractivity contribution in [1.82, 2.24) is 20.9 Å². The number of hydrogen-bond acceptors (Lipinski definition) is 4. The van der Waals surface area contributed by atoms with Crippen molar-refractivity contribution in [2.45, 2.75) is 87.9 Å². The van der Waals surface area contributed by atoms with Gasteiger partial charge in [-0.2, -0.15) is 13.2 Å². The molecule has 49 heavy (non-hydrogen) atoms. The Kier molecular flexibility index (Phi) is 11.2. The minimum Gasteiger partial charge on any atom is -0.349 e. The van der Waals surface area contributed by atoms with Crippen LogP contribution in [0.3, 0.4) is 0 Å². The molecule has 2 unspecified atom stereocenters. The van der Waals surface area contributed by atoms with Crippen LogP contribution in [0.1, 0.15) is 75.3 Å². The summed E-state index contributed by atoms with van der Waals surface area (Å²) in [5, 5.41) is 9.11. The predicted molar refractivity (Wildman–Crippen MR) is 183 cm³/mol. The van der Waals surface area contributed by atoms with Gasteiger partial charge in [-0.25, -0.2) is 4.39 Å². The molecule has 1 saturated carbocycles. The van der Waals surface area contributed by atoms with Gasteiger partial charge in [0.05, 0.1) is 6.04 Å². The molecule has 2 aromatic carbocycles. The molecule has 3 atom stereocenters. The van der Waals surface area contributed by atoms with Gasteiger partial charge in [-0.15, -0.1) is 0 Å². The summed E-state index contributed by atoms with van der Waals surface area (Å²) in [6.45, 7) is 2.24. The molecule has 264 valence electrons. The van der Waals surface area contributed by atoms with E-state index in [1.54, 1.807) is 6.08 Å². The number of carbonyl (C=O) groups excluding carboxylic acids is 2. The normalized spacial score (nSPS) is 23.8. The van der Waals surface area contributed by atoms with Gasteiger partial charge in [0.15, 0.2) is 0 Å². The van der Waals surface area contributed by atoms with E-state index in [0.717, 1.165) is 93.4 Å². The fraction of sp³-hybridized carbons (Fsp3) is 0.538. The molecule has 0 bridgehead atoms. The molecule has 3 aliphatic carbocycles. The summed E-state index contributed by atoms with van der Waals surface area (Å²) in [5.41, 5.74) is 2.21. The Labute approximate surface area is 286 Å². The molecule has 4 aliphatic rings. The number of piperidine rings is 1. The van der Waals surface area contributed by atoms with Crippen molar-refractivity contribution in [1.29, 1.82) is 0 Å². The van der Waals surface area contributed by atoms with Crippen molar-refractivity contribution in [2.75, 3.05) is 32.7 Å². The van der Waals surface area contributed by atoms with Crippen molar-refractivity contribution in [3.63, 3.8) is 0 Å². The van der Waals surface area contributed by atoms with Crippen LogP contribution in [0, 0.1) is 11.8 Å². The summed E-state index contributed by atoms with van der Waals surface area (Å²) in [5.74, 6) is -0.499. The van der Waals surface area contributed by atoms with E-state index >= 15 is 0 Å². The molecule has 10 heteroatoms. The van der Waals surface area contributed by atoms with Gasteiger partial charge in [0.25, 0.3) is 0 Å².